The molecule has 4 aromatic carbocycles. The van der Waals surface area contributed by atoms with Crippen molar-refractivity contribution in [3.8, 4) is 28.6 Å². The van der Waals surface area contributed by atoms with Crippen molar-refractivity contribution in [3.63, 3.8) is 0 Å². The number of aromatic nitrogens is 2. The summed E-state index contributed by atoms with van der Waals surface area (Å²) < 4.78 is 18.9. The fourth-order valence-electron chi connectivity index (χ4n) is 4.86. The number of rotatable bonds is 10. The summed E-state index contributed by atoms with van der Waals surface area (Å²) >= 11 is 6.28. The highest BCUT2D eigenvalue weighted by atomic mass is 35.5. The monoisotopic (exact) mass is 595 g/mol. The van der Waals surface area contributed by atoms with Crippen molar-refractivity contribution >= 4 is 28.7 Å². The van der Waals surface area contributed by atoms with E-state index in [9.17, 15) is 4.79 Å². The number of methoxy groups -OCH3 is 1. The molecule has 1 heterocycles. The van der Waals surface area contributed by atoms with Crippen molar-refractivity contribution in [2.24, 2.45) is 5.10 Å². The predicted octanol–water partition coefficient (Wildman–Crippen LogP) is 8.02. The second-order valence-electron chi connectivity index (χ2n) is 10.4. The molecule has 0 spiro atoms. The number of halogens is 1. The first-order valence-electron chi connectivity index (χ1n) is 14.2. The molecule has 0 saturated heterocycles. The molecule has 0 saturated carbocycles. The van der Waals surface area contributed by atoms with Gasteiger partial charge in [0, 0.05) is 16.1 Å². The van der Waals surface area contributed by atoms with Crippen LogP contribution < -0.4 is 19.8 Å². The van der Waals surface area contributed by atoms with Crippen molar-refractivity contribution in [2.75, 3.05) is 13.7 Å². The number of nitrogens with zero attached hydrogens (tertiary/aromatic N) is 3. The Kier molecular flexibility index (Phi) is 9.12. The number of benzene rings is 4. The fraction of sp³-hybridized carbons (Fsp3) is 0.229. The Morgan fingerprint density at radius 1 is 0.953 bits per heavy atom. The summed E-state index contributed by atoms with van der Waals surface area (Å²) in [5.41, 5.74) is 4.72. The molecule has 43 heavy (non-hydrogen) atoms. The molecular formula is C35H34ClN3O4. The zero-order valence-corrected chi connectivity index (χ0v) is 25.7. The molecule has 0 atom stereocenters. The van der Waals surface area contributed by atoms with Crippen molar-refractivity contribution in [2.45, 2.75) is 40.2 Å². The van der Waals surface area contributed by atoms with Crippen LogP contribution in [0.3, 0.4) is 0 Å². The lowest BCUT2D eigenvalue weighted by atomic mass is 9.96. The van der Waals surface area contributed by atoms with Crippen LogP contribution in [-0.2, 0) is 6.61 Å². The maximum absolute atomic E-state index is 13.8. The van der Waals surface area contributed by atoms with E-state index in [0.29, 0.717) is 46.5 Å². The third-order valence-electron chi connectivity index (χ3n) is 7.12. The van der Waals surface area contributed by atoms with Gasteiger partial charge in [-0.1, -0.05) is 55.8 Å². The Bertz CT molecular complexity index is 1860. The van der Waals surface area contributed by atoms with Crippen LogP contribution in [0.15, 0.2) is 88.8 Å². The Morgan fingerprint density at radius 2 is 1.72 bits per heavy atom. The summed E-state index contributed by atoms with van der Waals surface area (Å²) in [6.45, 7) is 9.05. The van der Waals surface area contributed by atoms with Crippen LogP contribution >= 0.6 is 11.6 Å². The first kappa shape index (κ1) is 29.9. The van der Waals surface area contributed by atoms with Gasteiger partial charge in [0.2, 0.25) is 0 Å². The minimum absolute atomic E-state index is 0.205. The van der Waals surface area contributed by atoms with Crippen molar-refractivity contribution in [3.05, 3.63) is 116 Å². The molecule has 0 aliphatic heterocycles. The highest BCUT2D eigenvalue weighted by Crippen LogP contribution is 2.34. The highest BCUT2D eigenvalue weighted by Gasteiger charge is 2.18. The number of ether oxygens (including phenoxy) is 3. The van der Waals surface area contributed by atoms with E-state index < -0.39 is 0 Å². The van der Waals surface area contributed by atoms with E-state index in [0.717, 1.165) is 33.6 Å². The zero-order valence-electron chi connectivity index (χ0n) is 24.9. The predicted molar refractivity (Wildman–Crippen MR) is 173 cm³/mol. The molecule has 0 bridgehead atoms. The van der Waals surface area contributed by atoms with Gasteiger partial charge in [-0.05, 0) is 85.0 Å². The van der Waals surface area contributed by atoms with Gasteiger partial charge in [0.1, 0.15) is 12.4 Å². The van der Waals surface area contributed by atoms with Crippen LogP contribution in [0.2, 0.25) is 5.02 Å². The van der Waals surface area contributed by atoms with Crippen molar-refractivity contribution < 1.29 is 14.2 Å². The Morgan fingerprint density at radius 3 is 2.47 bits per heavy atom. The second kappa shape index (κ2) is 13.1. The van der Waals surface area contributed by atoms with Gasteiger partial charge in [0.05, 0.1) is 30.8 Å². The van der Waals surface area contributed by atoms with Gasteiger partial charge in [0.15, 0.2) is 17.3 Å². The van der Waals surface area contributed by atoms with Crippen LogP contribution in [0.1, 0.15) is 48.9 Å². The molecule has 7 nitrogen and oxygen atoms in total. The maximum Gasteiger partial charge on any atom is 0.282 e. The molecular weight excluding hydrogens is 562 g/mol. The van der Waals surface area contributed by atoms with Gasteiger partial charge in [0.25, 0.3) is 5.56 Å². The summed E-state index contributed by atoms with van der Waals surface area (Å²) in [5.74, 6) is 2.59. The SMILES string of the molecule is CCOc1cc(C)c(-c2nc3ccccc3c(=O)n2N=Cc2ccc(OCc3ccccc3Cl)c(OC)c2)cc1C(C)C. The molecule has 0 fully saturated rings. The fourth-order valence-corrected chi connectivity index (χ4v) is 5.05. The number of fused-ring (bicyclic) bond motifs is 1. The highest BCUT2D eigenvalue weighted by molar-refractivity contribution is 6.31. The first-order chi connectivity index (χ1) is 20.8. The molecule has 0 unspecified atom stereocenters. The van der Waals surface area contributed by atoms with Crippen molar-refractivity contribution in [1.29, 1.82) is 0 Å². The van der Waals surface area contributed by atoms with Gasteiger partial charge in [-0.3, -0.25) is 4.79 Å². The van der Waals surface area contributed by atoms with Gasteiger partial charge < -0.3 is 14.2 Å². The molecule has 0 radical (unpaired) electrons. The van der Waals surface area contributed by atoms with Crippen LogP contribution in [0.5, 0.6) is 17.2 Å². The summed E-state index contributed by atoms with van der Waals surface area (Å²) in [6.07, 6.45) is 1.62. The molecule has 8 heteroatoms. The van der Waals surface area contributed by atoms with Crippen LogP contribution in [0.25, 0.3) is 22.3 Å². The largest absolute Gasteiger partial charge is 0.494 e. The molecule has 0 aliphatic rings. The average molecular weight is 596 g/mol. The lowest BCUT2D eigenvalue weighted by Crippen LogP contribution is -2.21. The van der Waals surface area contributed by atoms with E-state index in [2.05, 4.69) is 25.0 Å². The summed E-state index contributed by atoms with van der Waals surface area (Å²) in [5, 5.41) is 5.78. The Hall–Kier alpha value is -4.62. The van der Waals surface area contributed by atoms with E-state index in [4.69, 9.17) is 30.8 Å². The molecule has 0 amide bonds. The van der Waals surface area contributed by atoms with Crippen LogP contribution in [0.4, 0.5) is 0 Å². The Labute approximate surface area is 256 Å². The molecule has 220 valence electrons. The summed E-state index contributed by atoms with van der Waals surface area (Å²) in [7, 11) is 1.58. The number of hydrogen-bond acceptors (Lipinski definition) is 6. The zero-order chi connectivity index (χ0) is 30.5. The van der Waals surface area contributed by atoms with E-state index in [1.807, 2.05) is 80.6 Å². The number of aryl methyl sites for hydroxylation is 1. The van der Waals surface area contributed by atoms with Gasteiger partial charge >= 0.3 is 0 Å². The average Bonchev–Trinajstić information content (AvgIpc) is 3.00. The first-order valence-corrected chi connectivity index (χ1v) is 14.6. The van der Waals surface area contributed by atoms with E-state index in [1.54, 1.807) is 19.4 Å². The lowest BCUT2D eigenvalue weighted by molar-refractivity contribution is 0.284. The van der Waals surface area contributed by atoms with Gasteiger partial charge in [-0.15, -0.1) is 0 Å². The van der Waals surface area contributed by atoms with Crippen LogP contribution in [0, 0.1) is 6.92 Å². The Balaban J connectivity index is 1.56. The summed E-state index contributed by atoms with van der Waals surface area (Å²) in [6, 6.07) is 24.4. The van der Waals surface area contributed by atoms with E-state index >= 15 is 0 Å². The normalized spacial score (nSPS) is 11.4. The number of para-hydroxylation sites is 1. The molecule has 5 rings (SSSR count). The smallest absolute Gasteiger partial charge is 0.282 e. The standard InChI is InChI=1S/C35H34ClN3O4/c1-6-42-32-17-23(4)28(19-27(32)22(2)3)34-38-30-14-10-8-12-26(30)35(40)39(34)37-20-24-15-16-31(33(18-24)41-5)43-21-25-11-7-9-13-29(25)36/h7-20,22H,6,21H2,1-5H3. The summed E-state index contributed by atoms with van der Waals surface area (Å²) in [4.78, 5) is 18.7. The van der Waals surface area contributed by atoms with Crippen LogP contribution in [-0.4, -0.2) is 29.6 Å². The molecule has 1 aromatic heterocycles. The molecule has 0 N–H and O–H groups in total. The van der Waals surface area contributed by atoms with E-state index in [-0.39, 0.29) is 11.5 Å². The van der Waals surface area contributed by atoms with E-state index in [1.165, 1.54) is 4.68 Å². The molecule has 0 aliphatic carbocycles. The quantitative estimate of drug-likeness (QED) is 0.153. The minimum Gasteiger partial charge on any atom is -0.494 e. The second-order valence-corrected chi connectivity index (χ2v) is 10.8. The molecule has 5 aromatic rings. The van der Waals surface area contributed by atoms with Crippen molar-refractivity contribution in [1.82, 2.24) is 9.66 Å². The lowest BCUT2D eigenvalue weighted by Gasteiger charge is -2.18. The topological polar surface area (TPSA) is 74.9 Å². The van der Waals surface area contributed by atoms with Gasteiger partial charge in [-0.2, -0.15) is 9.78 Å². The maximum atomic E-state index is 13.8. The van der Waals surface area contributed by atoms with Gasteiger partial charge in [-0.25, -0.2) is 4.98 Å². The number of hydrogen-bond donors (Lipinski definition) is 0. The third kappa shape index (κ3) is 6.42. The minimum atomic E-state index is -0.261. The third-order valence-corrected chi connectivity index (χ3v) is 7.49.